The van der Waals surface area contributed by atoms with E-state index in [0.29, 0.717) is 44.1 Å². The first-order valence-corrected chi connectivity index (χ1v) is 19.1. The van der Waals surface area contributed by atoms with E-state index in [1.54, 1.807) is 36.4 Å². The number of rotatable bonds is 13. The van der Waals surface area contributed by atoms with Crippen LogP contribution in [0.4, 0.5) is 9.59 Å². The van der Waals surface area contributed by atoms with Gasteiger partial charge in [-0.3, -0.25) is 24.3 Å². The standard InChI is InChI=1S/C36H40Cl2N5O9P/c1-3-21(2)19-43(34(39)46)33(45)36(14-13-29-27(18-36)26-16-24(37)17-28(38)31(26)40-29)42-32(44)30(41-35(47)51-20-23-7-5-4-6-8-23)15-22-9-11-25(12-10-22)52-53(48,49)50/h4-12,16-17,21,30,40H,3,13-15,18-20H2,1-2H3,(H2,39,46)(H,41,47)(H,42,44)(H2,48,49,50)/t21-,30-,36+/m0/s1. The van der Waals surface area contributed by atoms with Gasteiger partial charge >= 0.3 is 19.9 Å². The minimum Gasteiger partial charge on any atom is -0.445 e. The van der Waals surface area contributed by atoms with Crippen molar-refractivity contribution >= 4 is 65.9 Å². The monoisotopic (exact) mass is 787 g/mol. The van der Waals surface area contributed by atoms with Gasteiger partial charge in [0.1, 0.15) is 23.9 Å². The number of carbonyl (C=O) groups is 4. The summed E-state index contributed by atoms with van der Waals surface area (Å²) in [6, 6.07) is 15.4. The number of halogens is 2. The summed E-state index contributed by atoms with van der Waals surface area (Å²) in [6.45, 7) is 3.71. The number of benzene rings is 3. The molecule has 17 heteroatoms. The number of phosphoric ester groups is 1. The summed E-state index contributed by atoms with van der Waals surface area (Å²) in [4.78, 5) is 77.7. The number of alkyl carbamates (subject to hydrolysis) is 1. The van der Waals surface area contributed by atoms with E-state index in [9.17, 15) is 33.5 Å². The molecule has 0 fully saturated rings. The fourth-order valence-electron chi connectivity index (χ4n) is 6.28. The molecular formula is C36H40Cl2N5O9P. The second-order valence-electron chi connectivity index (χ2n) is 13.1. The molecular weight excluding hydrogens is 748 g/mol. The number of aromatic amines is 1. The van der Waals surface area contributed by atoms with Crippen LogP contribution in [0.5, 0.6) is 5.75 Å². The lowest BCUT2D eigenvalue weighted by atomic mass is 9.78. The van der Waals surface area contributed by atoms with Crippen LogP contribution >= 0.6 is 31.0 Å². The van der Waals surface area contributed by atoms with Crippen molar-refractivity contribution in [3.05, 3.63) is 99.2 Å². The Bertz CT molecular complexity index is 2040. The Morgan fingerprint density at radius 3 is 2.40 bits per heavy atom. The van der Waals surface area contributed by atoms with Crippen molar-refractivity contribution in [2.75, 3.05) is 6.54 Å². The van der Waals surface area contributed by atoms with Crippen molar-refractivity contribution in [1.29, 1.82) is 0 Å². The summed E-state index contributed by atoms with van der Waals surface area (Å²) >= 11 is 12.9. The minimum atomic E-state index is -4.83. The Morgan fingerprint density at radius 2 is 1.75 bits per heavy atom. The highest BCUT2D eigenvalue weighted by atomic mass is 35.5. The molecule has 14 nitrogen and oxygen atoms in total. The number of fused-ring (bicyclic) bond motifs is 3. The number of nitrogens with two attached hydrogens (primary N) is 1. The Hall–Kier alpha value is -4.59. The van der Waals surface area contributed by atoms with Gasteiger partial charge in [-0.15, -0.1) is 0 Å². The lowest BCUT2D eigenvalue weighted by molar-refractivity contribution is -0.140. The molecule has 3 atom stereocenters. The number of urea groups is 1. The number of carbonyl (C=O) groups excluding carboxylic acids is 4. The second kappa shape index (κ2) is 16.6. The van der Waals surface area contributed by atoms with E-state index >= 15 is 0 Å². The van der Waals surface area contributed by atoms with Gasteiger partial charge in [-0.05, 0) is 59.7 Å². The Labute approximate surface area is 315 Å². The first kappa shape index (κ1) is 39.6. The topological polar surface area (TPSA) is 213 Å². The van der Waals surface area contributed by atoms with E-state index < -0.39 is 43.3 Å². The predicted octanol–water partition coefficient (Wildman–Crippen LogP) is 5.78. The van der Waals surface area contributed by atoms with Crippen molar-refractivity contribution in [3.63, 3.8) is 0 Å². The predicted molar refractivity (Wildman–Crippen MR) is 198 cm³/mol. The summed E-state index contributed by atoms with van der Waals surface area (Å²) in [6.07, 6.45) is -0.131. The molecule has 3 aromatic carbocycles. The zero-order valence-electron chi connectivity index (χ0n) is 28.9. The van der Waals surface area contributed by atoms with Gasteiger partial charge in [0.25, 0.3) is 5.91 Å². The van der Waals surface area contributed by atoms with Gasteiger partial charge in [-0.25, -0.2) is 14.2 Å². The van der Waals surface area contributed by atoms with Crippen LogP contribution in [-0.2, 0) is 44.8 Å². The number of amides is 5. The molecule has 282 valence electrons. The fraction of sp³-hybridized carbons (Fsp3) is 0.333. The van der Waals surface area contributed by atoms with Gasteiger partial charge in [0.05, 0.1) is 10.5 Å². The highest BCUT2D eigenvalue weighted by molar-refractivity contribution is 7.46. The molecule has 0 spiro atoms. The largest absolute Gasteiger partial charge is 0.524 e. The van der Waals surface area contributed by atoms with Gasteiger partial charge < -0.3 is 30.6 Å². The molecule has 1 aliphatic rings. The number of aryl methyl sites for hydroxylation is 1. The third-order valence-electron chi connectivity index (χ3n) is 9.18. The molecule has 4 aromatic rings. The number of hydrogen-bond acceptors (Lipinski definition) is 7. The molecule has 53 heavy (non-hydrogen) atoms. The van der Waals surface area contributed by atoms with Crippen LogP contribution in [0.25, 0.3) is 10.9 Å². The third-order valence-corrected chi connectivity index (χ3v) is 10.1. The number of primary amides is 1. The average Bonchev–Trinajstić information content (AvgIpc) is 3.47. The molecule has 0 aliphatic heterocycles. The molecule has 7 N–H and O–H groups in total. The molecule has 0 radical (unpaired) electrons. The molecule has 5 rings (SSSR count). The van der Waals surface area contributed by atoms with E-state index in [2.05, 4.69) is 20.1 Å². The smallest absolute Gasteiger partial charge is 0.445 e. The fourth-order valence-corrected chi connectivity index (χ4v) is 7.22. The first-order valence-electron chi connectivity index (χ1n) is 16.8. The van der Waals surface area contributed by atoms with Crippen LogP contribution in [0.1, 0.15) is 49.1 Å². The Kier molecular flexibility index (Phi) is 12.4. The Balaban J connectivity index is 1.50. The number of aromatic nitrogens is 1. The number of ether oxygens (including phenoxy) is 1. The van der Waals surface area contributed by atoms with E-state index in [4.69, 9.17) is 33.7 Å². The maximum atomic E-state index is 14.6. The van der Waals surface area contributed by atoms with Crippen molar-refractivity contribution < 1.29 is 42.8 Å². The van der Waals surface area contributed by atoms with Crippen LogP contribution < -0.4 is 20.9 Å². The highest BCUT2D eigenvalue weighted by Gasteiger charge is 2.48. The van der Waals surface area contributed by atoms with Gasteiger partial charge in [-0.1, -0.05) is 85.9 Å². The highest BCUT2D eigenvalue weighted by Crippen LogP contribution is 2.39. The van der Waals surface area contributed by atoms with E-state index in [1.165, 1.54) is 24.3 Å². The third kappa shape index (κ3) is 9.89. The maximum absolute atomic E-state index is 14.6. The van der Waals surface area contributed by atoms with Gasteiger partial charge in [0.2, 0.25) is 5.91 Å². The van der Waals surface area contributed by atoms with Crippen molar-refractivity contribution in [2.24, 2.45) is 11.7 Å². The van der Waals surface area contributed by atoms with Gasteiger partial charge in [-0.2, -0.15) is 0 Å². The number of nitrogens with one attached hydrogen (secondary N) is 3. The van der Waals surface area contributed by atoms with Crippen LogP contribution in [0.2, 0.25) is 10.0 Å². The number of nitrogens with zero attached hydrogens (tertiary/aromatic N) is 1. The summed E-state index contributed by atoms with van der Waals surface area (Å²) in [5.74, 6) is -1.70. The van der Waals surface area contributed by atoms with E-state index in [1.807, 2.05) is 19.9 Å². The van der Waals surface area contributed by atoms with Crippen molar-refractivity contribution in [3.8, 4) is 5.75 Å². The van der Waals surface area contributed by atoms with E-state index in [-0.39, 0.29) is 50.5 Å². The van der Waals surface area contributed by atoms with Crippen molar-refractivity contribution in [2.45, 2.75) is 64.1 Å². The molecule has 1 aromatic heterocycles. The quantitative estimate of drug-likeness (QED) is 0.0905. The normalized spacial score (nSPS) is 16.6. The second-order valence-corrected chi connectivity index (χ2v) is 15.1. The molecule has 5 amide bonds. The molecule has 0 saturated heterocycles. The van der Waals surface area contributed by atoms with Crippen LogP contribution in [0, 0.1) is 5.92 Å². The number of imide groups is 1. The van der Waals surface area contributed by atoms with Crippen molar-refractivity contribution in [1.82, 2.24) is 20.5 Å². The molecule has 0 saturated carbocycles. The summed E-state index contributed by atoms with van der Waals surface area (Å²) in [5.41, 5.74) is 7.31. The summed E-state index contributed by atoms with van der Waals surface area (Å²) in [7, 11) is -4.83. The zero-order chi connectivity index (χ0) is 38.5. The zero-order valence-corrected chi connectivity index (χ0v) is 31.3. The molecule has 0 unspecified atom stereocenters. The maximum Gasteiger partial charge on any atom is 0.524 e. The van der Waals surface area contributed by atoms with Crippen LogP contribution in [0.3, 0.4) is 0 Å². The molecule has 0 bridgehead atoms. The summed E-state index contributed by atoms with van der Waals surface area (Å²) in [5, 5.41) is 6.89. The molecule has 1 heterocycles. The van der Waals surface area contributed by atoms with Gasteiger partial charge in [0, 0.05) is 35.5 Å². The number of phosphoric acid groups is 1. The van der Waals surface area contributed by atoms with E-state index in [0.717, 1.165) is 10.6 Å². The van der Waals surface area contributed by atoms with Crippen LogP contribution in [0.15, 0.2) is 66.7 Å². The minimum absolute atomic E-state index is 0.0111. The number of H-pyrrole nitrogens is 1. The lowest BCUT2D eigenvalue weighted by Gasteiger charge is -2.40. The number of hydrogen-bond donors (Lipinski definition) is 6. The lowest BCUT2D eigenvalue weighted by Crippen LogP contribution is -2.66. The molecule has 1 aliphatic carbocycles. The average molecular weight is 789 g/mol. The summed E-state index contributed by atoms with van der Waals surface area (Å²) < 4.78 is 21.4. The Morgan fingerprint density at radius 1 is 1.06 bits per heavy atom. The SMILES string of the molecule is CC[C@H](C)CN(C(N)=O)C(=O)[C@@]1(NC(=O)[C@H](Cc2ccc(OP(=O)(O)O)cc2)NC(=O)OCc2ccccc2)CCc2[nH]c3c(Cl)cc(Cl)cc3c2C1. The van der Waals surface area contributed by atoms with Gasteiger partial charge in [0.15, 0.2) is 0 Å². The van der Waals surface area contributed by atoms with Crippen LogP contribution in [-0.4, -0.2) is 61.7 Å². The first-order chi connectivity index (χ1) is 25.1.